The average Bonchev–Trinajstić information content (AvgIpc) is 3.34. The van der Waals surface area contributed by atoms with Crippen molar-refractivity contribution in [1.82, 2.24) is 5.32 Å². The molecule has 0 bridgehead atoms. The molecule has 0 spiro atoms. The number of ether oxygens (including phenoxy) is 3. The first-order chi connectivity index (χ1) is 13.4. The van der Waals surface area contributed by atoms with Crippen LogP contribution in [-0.4, -0.2) is 44.3 Å². The second kappa shape index (κ2) is 8.97. The van der Waals surface area contributed by atoms with Gasteiger partial charge in [-0.25, -0.2) is 0 Å². The van der Waals surface area contributed by atoms with Crippen LogP contribution >= 0.6 is 11.6 Å². The Labute approximate surface area is 170 Å². The summed E-state index contributed by atoms with van der Waals surface area (Å²) < 4.78 is 16.1. The van der Waals surface area contributed by atoms with Crippen LogP contribution in [0.4, 0.5) is 0 Å². The first-order valence-electron chi connectivity index (χ1n) is 9.50. The minimum absolute atomic E-state index is 0.0965. The normalized spacial score (nSPS) is 24.3. The molecule has 28 heavy (non-hydrogen) atoms. The van der Waals surface area contributed by atoms with Gasteiger partial charge in [0.15, 0.2) is 0 Å². The third-order valence-corrected chi connectivity index (χ3v) is 5.91. The van der Waals surface area contributed by atoms with E-state index in [4.69, 9.17) is 25.8 Å². The van der Waals surface area contributed by atoms with E-state index >= 15 is 0 Å². The molecule has 4 atom stereocenters. The summed E-state index contributed by atoms with van der Waals surface area (Å²) in [7, 11) is 1.35. The van der Waals surface area contributed by atoms with E-state index in [-0.39, 0.29) is 29.9 Å². The number of esters is 2. The van der Waals surface area contributed by atoms with E-state index in [1.54, 1.807) is 6.08 Å². The second-order valence-corrected chi connectivity index (χ2v) is 7.75. The molecule has 7 heteroatoms. The molecular formula is C21H26ClNO5. The van der Waals surface area contributed by atoms with Gasteiger partial charge in [-0.1, -0.05) is 31.2 Å². The van der Waals surface area contributed by atoms with E-state index in [1.807, 2.05) is 19.1 Å². The number of fused-ring (bicyclic) bond motifs is 1. The predicted octanol–water partition coefficient (Wildman–Crippen LogP) is 2.70. The van der Waals surface area contributed by atoms with E-state index in [2.05, 4.69) is 11.9 Å². The molecule has 152 valence electrons. The molecule has 1 aromatic carbocycles. The minimum Gasteiger partial charge on any atom is -0.489 e. The molecule has 1 aliphatic heterocycles. The number of halogens is 1. The maximum atomic E-state index is 12.7. The van der Waals surface area contributed by atoms with E-state index in [0.717, 1.165) is 16.9 Å². The highest BCUT2D eigenvalue weighted by Crippen LogP contribution is 2.41. The number of methoxy groups -OCH3 is 1. The fourth-order valence-electron chi connectivity index (χ4n) is 3.90. The van der Waals surface area contributed by atoms with Crippen molar-refractivity contribution in [1.29, 1.82) is 0 Å². The fourth-order valence-corrected chi connectivity index (χ4v) is 4.15. The summed E-state index contributed by atoms with van der Waals surface area (Å²) in [6, 6.07) is 3.28. The molecular weight excluding hydrogens is 382 g/mol. The van der Waals surface area contributed by atoms with Gasteiger partial charge < -0.3 is 19.5 Å². The third-order valence-electron chi connectivity index (χ3n) is 5.56. The van der Waals surface area contributed by atoms with Crippen LogP contribution in [0.2, 0.25) is 5.02 Å². The summed E-state index contributed by atoms with van der Waals surface area (Å²) in [5.41, 5.74) is 2.11. The molecule has 0 amide bonds. The molecule has 1 aromatic rings. The SMILES string of the molecule is C=CCOc1ccc(Cl)c2c1CC([C@H](C)C(=O)O[C@H]1CN[C@H](C(=O)OC)C1)C2. The molecule has 1 fully saturated rings. The molecule has 1 N–H and O–H groups in total. The van der Waals surface area contributed by atoms with Crippen LogP contribution in [0.5, 0.6) is 5.75 Å². The zero-order valence-corrected chi connectivity index (χ0v) is 17.0. The maximum absolute atomic E-state index is 12.7. The van der Waals surface area contributed by atoms with Crippen LogP contribution in [0.3, 0.4) is 0 Å². The number of carbonyl (C=O) groups excluding carboxylic acids is 2. The summed E-state index contributed by atoms with van der Waals surface area (Å²) in [6.07, 6.45) is 3.24. The van der Waals surface area contributed by atoms with Gasteiger partial charge in [-0.15, -0.1) is 0 Å². The Bertz CT molecular complexity index is 765. The number of hydrogen-bond acceptors (Lipinski definition) is 6. The van der Waals surface area contributed by atoms with Gasteiger partial charge in [-0.3, -0.25) is 9.59 Å². The highest BCUT2D eigenvalue weighted by Gasteiger charge is 2.37. The largest absolute Gasteiger partial charge is 0.489 e. The van der Waals surface area contributed by atoms with Crippen molar-refractivity contribution < 1.29 is 23.8 Å². The van der Waals surface area contributed by atoms with Crippen molar-refractivity contribution in [3.8, 4) is 5.75 Å². The Morgan fingerprint density at radius 3 is 2.82 bits per heavy atom. The van der Waals surface area contributed by atoms with E-state index in [1.165, 1.54) is 7.11 Å². The van der Waals surface area contributed by atoms with Crippen molar-refractivity contribution in [3.05, 3.63) is 40.9 Å². The van der Waals surface area contributed by atoms with Gasteiger partial charge in [-0.05, 0) is 42.0 Å². The Morgan fingerprint density at radius 2 is 2.11 bits per heavy atom. The third kappa shape index (κ3) is 4.33. The number of benzene rings is 1. The second-order valence-electron chi connectivity index (χ2n) is 7.34. The lowest BCUT2D eigenvalue weighted by atomic mass is 9.91. The van der Waals surface area contributed by atoms with Crippen molar-refractivity contribution in [2.75, 3.05) is 20.3 Å². The van der Waals surface area contributed by atoms with Gasteiger partial charge in [0.1, 0.15) is 24.5 Å². The van der Waals surface area contributed by atoms with Crippen LogP contribution in [-0.2, 0) is 31.9 Å². The zero-order valence-electron chi connectivity index (χ0n) is 16.2. The van der Waals surface area contributed by atoms with Crippen molar-refractivity contribution in [2.45, 2.75) is 38.3 Å². The highest BCUT2D eigenvalue weighted by molar-refractivity contribution is 6.31. The molecule has 3 rings (SSSR count). The zero-order chi connectivity index (χ0) is 20.3. The Hall–Kier alpha value is -2.05. The number of carbonyl (C=O) groups is 2. The number of rotatable bonds is 7. The number of nitrogens with one attached hydrogen (secondary N) is 1. The summed E-state index contributed by atoms with van der Waals surface area (Å²) in [5, 5.41) is 3.73. The molecule has 2 aliphatic rings. The average molecular weight is 408 g/mol. The van der Waals surface area contributed by atoms with Crippen LogP contribution in [0.25, 0.3) is 0 Å². The molecule has 0 saturated carbocycles. The van der Waals surface area contributed by atoms with Crippen LogP contribution in [0.15, 0.2) is 24.8 Å². The molecule has 1 saturated heterocycles. The fraction of sp³-hybridized carbons (Fsp3) is 0.524. The topological polar surface area (TPSA) is 73.9 Å². The summed E-state index contributed by atoms with van der Waals surface area (Å²) >= 11 is 6.38. The van der Waals surface area contributed by atoms with Gasteiger partial charge in [0.2, 0.25) is 0 Å². The van der Waals surface area contributed by atoms with Gasteiger partial charge >= 0.3 is 11.9 Å². The predicted molar refractivity (Wildman–Crippen MR) is 106 cm³/mol. The maximum Gasteiger partial charge on any atom is 0.323 e. The quantitative estimate of drug-likeness (QED) is 0.553. The molecule has 0 aromatic heterocycles. The van der Waals surface area contributed by atoms with Crippen LogP contribution in [0, 0.1) is 11.8 Å². The highest BCUT2D eigenvalue weighted by atomic mass is 35.5. The minimum atomic E-state index is -0.419. The lowest BCUT2D eigenvalue weighted by molar-refractivity contribution is -0.155. The first kappa shape index (κ1) is 20.7. The van der Waals surface area contributed by atoms with E-state index in [0.29, 0.717) is 37.4 Å². The molecule has 0 radical (unpaired) electrons. The molecule has 1 unspecified atom stereocenters. The van der Waals surface area contributed by atoms with Crippen molar-refractivity contribution in [3.63, 3.8) is 0 Å². The summed E-state index contributed by atoms with van der Waals surface area (Å²) in [4.78, 5) is 24.3. The lowest BCUT2D eigenvalue weighted by Crippen LogP contribution is -2.31. The van der Waals surface area contributed by atoms with Gasteiger partial charge in [0, 0.05) is 18.0 Å². The van der Waals surface area contributed by atoms with Crippen molar-refractivity contribution in [2.24, 2.45) is 11.8 Å². The summed E-state index contributed by atoms with van der Waals surface area (Å²) in [6.45, 7) is 6.44. The number of hydrogen-bond donors (Lipinski definition) is 1. The lowest BCUT2D eigenvalue weighted by Gasteiger charge is -2.20. The van der Waals surface area contributed by atoms with Gasteiger partial charge in [-0.2, -0.15) is 0 Å². The molecule has 6 nitrogen and oxygen atoms in total. The summed E-state index contributed by atoms with van der Waals surface area (Å²) in [5.74, 6) is 0.0229. The van der Waals surface area contributed by atoms with E-state index < -0.39 is 6.04 Å². The Balaban J connectivity index is 1.61. The van der Waals surface area contributed by atoms with Crippen molar-refractivity contribution >= 4 is 23.5 Å². The molecule has 1 aliphatic carbocycles. The standard InChI is InChI=1S/C21H26ClNO5/c1-4-7-27-19-6-5-17(22)15-8-13(9-16(15)19)12(2)20(24)28-14-10-18(23-11-14)21(25)26-3/h4-6,12-14,18,23H,1,7-11H2,2-3H3/t12-,13?,14+,18-/m0/s1. The van der Waals surface area contributed by atoms with Crippen LogP contribution < -0.4 is 10.1 Å². The Morgan fingerprint density at radius 1 is 1.36 bits per heavy atom. The van der Waals surface area contributed by atoms with E-state index in [9.17, 15) is 9.59 Å². The monoisotopic (exact) mass is 407 g/mol. The van der Waals surface area contributed by atoms with Gasteiger partial charge in [0.05, 0.1) is 13.0 Å². The molecule has 1 heterocycles. The smallest absolute Gasteiger partial charge is 0.323 e. The van der Waals surface area contributed by atoms with Gasteiger partial charge in [0.25, 0.3) is 0 Å². The van der Waals surface area contributed by atoms with Crippen LogP contribution in [0.1, 0.15) is 24.5 Å². The Kier molecular flexibility index (Phi) is 6.62. The first-order valence-corrected chi connectivity index (χ1v) is 9.88.